The highest BCUT2D eigenvalue weighted by Crippen LogP contribution is 2.42. The molecule has 0 saturated heterocycles. The van der Waals surface area contributed by atoms with Crippen molar-refractivity contribution in [2.75, 3.05) is 20.1 Å². The van der Waals surface area contributed by atoms with Crippen LogP contribution in [0.3, 0.4) is 0 Å². The summed E-state index contributed by atoms with van der Waals surface area (Å²) in [4.78, 5) is 42.1. The molecule has 0 unspecified atom stereocenters. The molecular weight excluding hydrogens is 461 g/mol. The summed E-state index contributed by atoms with van der Waals surface area (Å²) in [5.74, 6) is -0.985. The van der Waals surface area contributed by atoms with E-state index in [0.717, 1.165) is 11.6 Å². The smallest absolute Gasteiger partial charge is 0.357 e. The van der Waals surface area contributed by atoms with Crippen LogP contribution in [0.2, 0.25) is 0 Å². The van der Waals surface area contributed by atoms with E-state index in [-0.39, 0.29) is 30.6 Å². The lowest BCUT2D eigenvalue weighted by molar-refractivity contribution is -0.138. The summed E-state index contributed by atoms with van der Waals surface area (Å²) >= 11 is 0. The molecule has 0 aromatic heterocycles. The first-order chi connectivity index (χ1) is 16.7. The van der Waals surface area contributed by atoms with E-state index in [9.17, 15) is 27.6 Å². The van der Waals surface area contributed by atoms with Gasteiger partial charge in [-0.3, -0.25) is 14.5 Å². The Morgan fingerprint density at radius 1 is 1.11 bits per heavy atom. The van der Waals surface area contributed by atoms with E-state index in [4.69, 9.17) is 0 Å². The zero-order valence-corrected chi connectivity index (χ0v) is 19.2. The third-order valence-electron chi connectivity index (χ3n) is 6.34. The van der Waals surface area contributed by atoms with Gasteiger partial charge in [0.15, 0.2) is 0 Å². The number of benzene rings is 2. The van der Waals surface area contributed by atoms with Gasteiger partial charge in [-0.15, -0.1) is 0 Å². The average Bonchev–Trinajstić information content (AvgIpc) is 3.18. The third-order valence-corrected chi connectivity index (χ3v) is 6.34. The lowest BCUT2D eigenvalue weighted by atomic mass is 9.91. The Morgan fingerprint density at radius 3 is 2.40 bits per heavy atom. The van der Waals surface area contributed by atoms with Crippen LogP contribution < -0.4 is 10.6 Å². The fourth-order valence-electron chi connectivity index (χ4n) is 4.69. The van der Waals surface area contributed by atoms with Crippen LogP contribution in [0.1, 0.15) is 29.7 Å². The minimum absolute atomic E-state index is 0.0464. The normalized spacial score (nSPS) is 18.9. The number of urea groups is 1. The predicted octanol–water partition coefficient (Wildman–Crippen LogP) is 3.25. The summed E-state index contributed by atoms with van der Waals surface area (Å²) in [6, 6.07) is 11.2. The first-order valence-corrected chi connectivity index (χ1v) is 11.2. The Morgan fingerprint density at radius 2 is 1.77 bits per heavy atom. The van der Waals surface area contributed by atoms with Gasteiger partial charge in [0.2, 0.25) is 5.91 Å². The second-order valence-electron chi connectivity index (χ2n) is 8.32. The van der Waals surface area contributed by atoms with Crippen molar-refractivity contribution in [2.24, 2.45) is 0 Å². The number of alkyl halides is 3. The van der Waals surface area contributed by atoms with Crippen LogP contribution in [-0.2, 0) is 22.2 Å². The highest BCUT2D eigenvalue weighted by atomic mass is 19.4. The van der Waals surface area contributed by atoms with Gasteiger partial charge in [0.25, 0.3) is 5.91 Å². The SMILES string of the molecule is CCN1C(=O)N[C@@H](c2ccccc2C(F)(F)F)C2=C1CN([C@H](Cc1ccccc1)C(=O)NC)C2=O. The van der Waals surface area contributed by atoms with Crippen molar-refractivity contribution in [2.45, 2.75) is 31.6 Å². The van der Waals surface area contributed by atoms with Gasteiger partial charge in [-0.1, -0.05) is 48.5 Å². The van der Waals surface area contributed by atoms with Gasteiger partial charge in [0, 0.05) is 20.0 Å². The van der Waals surface area contributed by atoms with E-state index in [2.05, 4.69) is 10.6 Å². The molecule has 7 nitrogen and oxygen atoms in total. The van der Waals surface area contributed by atoms with Crippen molar-refractivity contribution in [1.82, 2.24) is 20.4 Å². The van der Waals surface area contributed by atoms with Gasteiger partial charge in [-0.05, 0) is 24.1 Å². The lowest BCUT2D eigenvalue weighted by Gasteiger charge is -2.33. The van der Waals surface area contributed by atoms with Gasteiger partial charge in [0.05, 0.1) is 29.4 Å². The maximum atomic E-state index is 13.8. The third kappa shape index (κ3) is 4.48. The molecule has 0 spiro atoms. The van der Waals surface area contributed by atoms with E-state index >= 15 is 0 Å². The minimum atomic E-state index is -4.68. The monoisotopic (exact) mass is 486 g/mol. The molecule has 2 aliphatic heterocycles. The van der Waals surface area contributed by atoms with Crippen LogP contribution in [0.25, 0.3) is 0 Å². The molecule has 4 amide bonds. The average molecular weight is 486 g/mol. The van der Waals surface area contributed by atoms with Crippen molar-refractivity contribution in [1.29, 1.82) is 0 Å². The van der Waals surface area contributed by atoms with Crippen LogP contribution >= 0.6 is 0 Å². The molecule has 4 rings (SSSR count). The molecule has 2 atom stereocenters. The molecule has 2 aromatic carbocycles. The molecular formula is C25H25F3N4O3. The van der Waals surface area contributed by atoms with Crippen LogP contribution in [0.15, 0.2) is 65.9 Å². The van der Waals surface area contributed by atoms with Crippen LogP contribution in [0, 0.1) is 0 Å². The van der Waals surface area contributed by atoms with Gasteiger partial charge >= 0.3 is 12.2 Å². The van der Waals surface area contributed by atoms with Crippen LogP contribution in [0.5, 0.6) is 0 Å². The molecule has 0 radical (unpaired) electrons. The zero-order valence-electron chi connectivity index (χ0n) is 19.2. The number of carbonyl (C=O) groups excluding carboxylic acids is 3. The maximum Gasteiger partial charge on any atom is 0.416 e. The summed E-state index contributed by atoms with van der Waals surface area (Å²) in [5, 5.41) is 5.16. The van der Waals surface area contributed by atoms with Gasteiger partial charge in [0.1, 0.15) is 6.04 Å². The second-order valence-corrected chi connectivity index (χ2v) is 8.32. The number of rotatable bonds is 6. The van der Waals surface area contributed by atoms with E-state index in [0.29, 0.717) is 5.70 Å². The van der Waals surface area contributed by atoms with Crippen LogP contribution in [-0.4, -0.2) is 53.8 Å². The molecule has 2 aliphatic rings. The molecule has 35 heavy (non-hydrogen) atoms. The largest absolute Gasteiger partial charge is 0.416 e. The number of nitrogens with one attached hydrogen (secondary N) is 2. The molecule has 0 fully saturated rings. The second kappa shape index (κ2) is 9.44. The van der Waals surface area contributed by atoms with E-state index < -0.39 is 41.7 Å². The molecule has 0 bridgehead atoms. The molecule has 2 heterocycles. The van der Waals surface area contributed by atoms with Crippen LogP contribution in [0.4, 0.5) is 18.0 Å². The number of likely N-dealkylation sites (N-methyl/N-ethyl adjacent to an activating group) is 2. The first kappa shape index (κ1) is 24.3. The van der Waals surface area contributed by atoms with Gasteiger partial charge < -0.3 is 15.5 Å². The standard InChI is InChI=1S/C25H25F3N4O3/c1-3-31-19-14-32(18(22(33)29-2)13-15-9-5-4-6-10-15)23(34)20(19)21(30-24(31)35)16-11-7-8-12-17(16)25(26,27)28/h4-12,18,21H,3,13-14H2,1-2H3,(H,29,33)(H,30,35)/t18-,21+/m1/s1. The number of carbonyl (C=O) groups is 3. The molecule has 10 heteroatoms. The number of hydrogen-bond donors (Lipinski definition) is 2. The summed E-state index contributed by atoms with van der Waals surface area (Å²) in [6.45, 7) is 1.86. The van der Waals surface area contributed by atoms with Crippen molar-refractivity contribution >= 4 is 17.8 Å². The summed E-state index contributed by atoms with van der Waals surface area (Å²) in [6.07, 6.45) is -4.46. The summed E-state index contributed by atoms with van der Waals surface area (Å²) < 4.78 is 41.4. The van der Waals surface area contributed by atoms with Crippen molar-refractivity contribution in [3.63, 3.8) is 0 Å². The van der Waals surface area contributed by atoms with E-state index in [1.54, 1.807) is 6.92 Å². The molecule has 184 valence electrons. The molecule has 0 aliphatic carbocycles. The number of halogens is 3. The first-order valence-electron chi connectivity index (χ1n) is 11.2. The van der Waals surface area contributed by atoms with Crippen molar-refractivity contribution < 1.29 is 27.6 Å². The summed E-state index contributed by atoms with van der Waals surface area (Å²) in [7, 11) is 1.46. The number of hydrogen-bond acceptors (Lipinski definition) is 3. The molecule has 2 N–H and O–H groups in total. The molecule has 2 aromatic rings. The summed E-state index contributed by atoms with van der Waals surface area (Å²) in [5.41, 5.74) is 0.0291. The fraction of sp³-hybridized carbons (Fsp3) is 0.320. The Bertz CT molecular complexity index is 1180. The van der Waals surface area contributed by atoms with Crippen molar-refractivity contribution in [3.8, 4) is 0 Å². The topological polar surface area (TPSA) is 81.8 Å². The quantitative estimate of drug-likeness (QED) is 0.658. The van der Waals surface area contributed by atoms with E-state index in [1.807, 2.05) is 30.3 Å². The Kier molecular flexibility index (Phi) is 6.56. The number of amides is 4. The van der Waals surface area contributed by atoms with E-state index in [1.165, 1.54) is 35.0 Å². The Hall–Kier alpha value is -3.82. The van der Waals surface area contributed by atoms with Crippen molar-refractivity contribution in [3.05, 3.63) is 82.6 Å². The lowest BCUT2D eigenvalue weighted by Crippen LogP contribution is -2.49. The maximum absolute atomic E-state index is 13.8. The fourth-order valence-corrected chi connectivity index (χ4v) is 4.69. The van der Waals surface area contributed by atoms with Gasteiger partial charge in [-0.2, -0.15) is 13.2 Å². The minimum Gasteiger partial charge on any atom is -0.357 e. The number of nitrogens with zero attached hydrogens (tertiary/aromatic N) is 2. The predicted molar refractivity (Wildman–Crippen MR) is 122 cm³/mol. The molecule has 0 saturated carbocycles. The Labute approximate surface area is 200 Å². The highest BCUT2D eigenvalue weighted by Gasteiger charge is 2.48. The zero-order chi connectivity index (χ0) is 25.3. The Balaban J connectivity index is 1.78. The van der Waals surface area contributed by atoms with Gasteiger partial charge in [-0.25, -0.2) is 4.79 Å². The highest BCUT2D eigenvalue weighted by molar-refractivity contribution is 6.03.